The molecule has 1 atom stereocenters. The van der Waals surface area contributed by atoms with Crippen LogP contribution < -0.4 is 10.2 Å². The van der Waals surface area contributed by atoms with E-state index in [-0.39, 0.29) is 35.0 Å². The maximum atomic E-state index is 15.2. The van der Waals surface area contributed by atoms with Crippen LogP contribution in [-0.2, 0) is 11.3 Å². The Kier molecular flexibility index (Phi) is 11.8. The molecular weight excluding hydrogens is 640 g/mol. The first-order chi connectivity index (χ1) is 23.1. The van der Waals surface area contributed by atoms with Crippen LogP contribution in [0, 0.1) is 17.0 Å². The minimum Gasteiger partial charge on any atom is -0.482 e. The number of hydrogen-bond acceptors (Lipinski definition) is 11. The Morgan fingerprint density at radius 2 is 2.00 bits per heavy atom. The highest BCUT2D eigenvalue weighted by molar-refractivity contribution is 7.99. The molecule has 15 heteroatoms. The lowest BCUT2D eigenvalue weighted by Gasteiger charge is -2.35. The molecule has 1 saturated heterocycles. The van der Waals surface area contributed by atoms with E-state index in [0.29, 0.717) is 50.2 Å². The number of ether oxygens (including phenoxy) is 2. The molecule has 2 aromatic heterocycles. The minimum atomic E-state index is -0.807. The van der Waals surface area contributed by atoms with Crippen LogP contribution in [0.15, 0.2) is 59.1 Å². The smallest absolute Gasteiger partial charge is 0.410 e. The van der Waals surface area contributed by atoms with Crippen molar-refractivity contribution in [2.24, 2.45) is 5.10 Å². The van der Waals surface area contributed by atoms with Gasteiger partial charge in [0.15, 0.2) is 22.5 Å². The maximum Gasteiger partial charge on any atom is 0.410 e. The van der Waals surface area contributed by atoms with Crippen LogP contribution in [0.4, 0.5) is 13.6 Å². The number of piperazine rings is 1. The fraction of sp³-hybridized carbons (Fsp3) is 0.455. The van der Waals surface area contributed by atoms with Crippen molar-refractivity contribution in [2.75, 3.05) is 39.3 Å². The standard InChI is InChI=1S/C33H41F2N9O3S/c1-33(2,3)47-32(45)43-16-14-42(15-17-43)13-12-38-39-28(20-36)25-18-27(35)29(19-26(25)34)46-22-30-40-41-31(48-24-9-5-4-6-10-24)44(30)23-8-7-11-37-21-23/h5,7-9,11,18-21,24,36,38H,4,6,10,12-17,22H2,1-3H3/b36-20?,39-28+. The second-order valence-corrected chi connectivity index (χ2v) is 13.6. The molecule has 5 rings (SSSR count). The Balaban J connectivity index is 1.18. The first-order valence-electron chi connectivity index (χ1n) is 15.9. The van der Waals surface area contributed by atoms with Crippen LogP contribution in [0.25, 0.3) is 5.69 Å². The van der Waals surface area contributed by atoms with Gasteiger partial charge in [0.2, 0.25) is 0 Å². The van der Waals surface area contributed by atoms with Gasteiger partial charge in [-0.05, 0) is 58.2 Å². The number of thioether (sulfide) groups is 1. The number of aromatic nitrogens is 4. The molecule has 1 aromatic carbocycles. The Morgan fingerprint density at radius 3 is 2.69 bits per heavy atom. The number of hydrogen-bond donors (Lipinski definition) is 2. The highest BCUT2D eigenvalue weighted by Crippen LogP contribution is 2.31. The number of halogens is 2. The summed E-state index contributed by atoms with van der Waals surface area (Å²) in [5.74, 6) is -1.49. The summed E-state index contributed by atoms with van der Waals surface area (Å²) in [5, 5.41) is 21.5. The van der Waals surface area contributed by atoms with E-state index in [1.165, 1.54) is 0 Å². The van der Waals surface area contributed by atoms with Crippen molar-refractivity contribution in [3.05, 3.63) is 71.8 Å². The summed E-state index contributed by atoms with van der Waals surface area (Å²) in [7, 11) is 0. The molecule has 48 heavy (non-hydrogen) atoms. The third kappa shape index (κ3) is 9.37. The van der Waals surface area contributed by atoms with Crippen molar-refractivity contribution < 1.29 is 23.0 Å². The van der Waals surface area contributed by atoms with Crippen molar-refractivity contribution in [1.82, 2.24) is 35.0 Å². The largest absolute Gasteiger partial charge is 0.482 e. The van der Waals surface area contributed by atoms with E-state index in [1.54, 1.807) is 35.1 Å². The summed E-state index contributed by atoms with van der Waals surface area (Å²) in [6, 6.07) is 5.58. The third-order valence-corrected chi connectivity index (χ3v) is 8.80. The molecule has 0 spiro atoms. The van der Waals surface area contributed by atoms with Gasteiger partial charge in [-0.2, -0.15) is 5.10 Å². The first-order valence-corrected chi connectivity index (χ1v) is 16.8. The Labute approximate surface area is 283 Å². The summed E-state index contributed by atoms with van der Waals surface area (Å²) < 4.78 is 43.4. The predicted molar refractivity (Wildman–Crippen MR) is 180 cm³/mol. The zero-order valence-corrected chi connectivity index (χ0v) is 28.2. The summed E-state index contributed by atoms with van der Waals surface area (Å²) >= 11 is 1.58. The van der Waals surface area contributed by atoms with E-state index in [0.717, 1.165) is 43.3 Å². The number of nitrogens with zero attached hydrogens (tertiary/aromatic N) is 7. The number of nitrogens with one attached hydrogen (secondary N) is 2. The molecule has 2 N–H and O–H groups in total. The summed E-state index contributed by atoms with van der Waals surface area (Å²) in [6.45, 7) is 8.78. The van der Waals surface area contributed by atoms with E-state index in [2.05, 4.69) is 42.8 Å². The molecule has 1 amide bonds. The quantitative estimate of drug-likeness (QED) is 0.114. The topological polar surface area (TPSA) is 134 Å². The highest BCUT2D eigenvalue weighted by atomic mass is 32.2. The van der Waals surface area contributed by atoms with Crippen LogP contribution in [0.1, 0.15) is 51.4 Å². The van der Waals surface area contributed by atoms with Crippen LogP contribution in [0.5, 0.6) is 5.75 Å². The number of pyridine rings is 1. The molecule has 1 aliphatic heterocycles. The van der Waals surface area contributed by atoms with Crippen molar-refractivity contribution in [3.8, 4) is 11.4 Å². The van der Waals surface area contributed by atoms with Gasteiger partial charge in [0, 0.05) is 68.6 Å². The molecule has 1 aliphatic carbocycles. The molecule has 0 bridgehead atoms. The summed E-state index contributed by atoms with van der Waals surface area (Å²) in [6.07, 6.45) is 11.4. The third-order valence-electron chi connectivity index (χ3n) is 7.63. The predicted octanol–water partition coefficient (Wildman–Crippen LogP) is 5.22. The van der Waals surface area contributed by atoms with Crippen LogP contribution in [-0.4, -0.2) is 97.7 Å². The lowest BCUT2D eigenvalue weighted by molar-refractivity contribution is 0.0146. The monoisotopic (exact) mass is 681 g/mol. The van der Waals surface area contributed by atoms with E-state index in [4.69, 9.17) is 14.9 Å². The molecule has 3 aromatic rings. The number of carbonyl (C=O) groups is 1. The Morgan fingerprint density at radius 1 is 1.19 bits per heavy atom. The van der Waals surface area contributed by atoms with Gasteiger partial charge < -0.3 is 25.2 Å². The number of rotatable bonds is 12. The zero-order valence-electron chi connectivity index (χ0n) is 27.4. The van der Waals surface area contributed by atoms with Gasteiger partial charge in [0.25, 0.3) is 0 Å². The number of carbonyl (C=O) groups excluding carboxylic acids is 1. The first kappa shape index (κ1) is 35.0. The van der Waals surface area contributed by atoms with Crippen molar-refractivity contribution in [2.45, 2.75) is 62.6 Å². The summed E-state index contributed by atoms with van der Waals surface area (Å²) in [4.78, 5) is 20.3. The lowest BCUT2D eigenvalue weighted by Crippen LogP contribution is -2.51. The molecule has 0 saturated carbocycles. The number of hydrazone groups is 1. The van der Waals surface area contributed by atoms with Crippen LogP contribution in [0.2, 0.25) is 0 Å². The minimum absolute atomic E-state index is 0.0672. The SMILES string of the molecule is CC(C)(C)OC(=O)N1CCN(CCN/N=C(\C=N)c2cc(F)c(OCc3nnc(SC4C=CCCC4)n3-c3cccnc3)cc2F)CC1. The lowest BCUT2D eigenvalue weighted by atomic mass is 10.1. The Hall–Kier alpha value is -4.37. The highest BCUT2D eigenvalue weighted by Gasteiger charge is 2.26. The zero-order chi connectivity index (χ0) is 34.1. The van der Waals surface area contributed by atoms with Gasteiger partial charge >= 0.3 is 6.09 Å². The molecule has 1 fully saturated rings. The van der Waals surface area contributed by atoms with E-state index >= 15 is 8.78 Å². The number of benzene rings is 1. The molecule has 1 unspecified atom stereocenters. The second-order valence-electron chi connectivity index (χ2n) is 12.4. The summed E-state index contributed by atoms with van der Waals surface area (Å²) in [5.41, 5.74) is 2.79. The molecule has 2 aliphatic rings. The fourth-order valence-corrected chi connectivity index (χ4v) is 6.36. The average Bonchev–Trinajstić information content (AvgIpc) is 3.47. The van der Waals surface area contributed by atoms with E-state index < -0.39 is 17.2 Å². The van der Waals surface area contributed by atoms with Crippen LogP contribution in [0.3, 0.4) is 0 Å². The number of amides is 1. The van der Waals surface area contributed by atoms with Gasteiger partial charge in [0.1, 0.15) is 23.7 Å². The fourth-order valence-electron chi connectivity index (χ4n) is 5.21. The van der Waals surface area contributed by atoms with Crippen molar-refractivity contribution in [1.29, 1.82) is 5.41 Å². The van der Waals surface area contributed by atoms with E-state index in [1.807, 2.05) is 31.4 Å². The van der Waals surface area contributed by atoms with Gasteiger partial charge in [-0.3, -0.25) is 14.5 Å². The molecule has 0 radical (unpaired) electrons. The normalized spacial score (nSPS) is 17.3. The number of allylic oxidation sites excluding steroid dienone is 1. The van der Waals surface area contributed by atoms with Gasteiger partial charge in [0.05, 0.1) is 11.9 Å². The molecule has 3 heterocycles. The Bertz CT molecular complexity index is 1620. The molecule has 12 nitrogen and oxygen atoms in total. The van der Waals surface area contributed by atoms with Gasteiger partial charge in [-0.15, -0.1) is 10.2 Å². The molecule has 256 valence electrons. The second kappa shape index (κ2) is 16.2. The molecular formula is C33H41F2N9O3S. The van der Waals surface area contributed by atoms with Gasteiger partial charge in [-0.1, -0.05) is 23.9 Å². The van der Waals surface area contributed by atoms with Gasteiger partial charge in [-0.25, -0.2) is 13.6 Å². The maximum absolute atomic E-state index is 15.2. The van der Waals surface area contributed by atoms with E-state index in [9.17, 15) is 4.79 Å². The average molecular weight is 682 g/mol. The van der Waals surface area contributed by atoms with Crippen molar-refractivity contribution >= 4 is 29.8 Å². The van der Waals surface area contributed by atoms with Crippen molar-refractivity contribution in [3.63, 3.8) is 0 Å². The van der Waals surface area contributed by atoms with Crippen LogP contribution >= 0.6 is 11.8 Å².